The molecule has 2 aromatic rings. The van der Waals surface area contributed by atoms with Crippen LogP contribution in [0.25, 0.3) is 0 Å². The highest BCUT2D eigenvalue weighted by atomic mass is 32.2. The number of aryl methyl sites for hydroxylation is 2. The molecule has 2 heterocycles. The van der Waals surface area contributed by atoms with Crippen LogP contribution in [0.2, 0.25) is 0 Å². The second-order valence-electron chi connectivity index (χ2n) is 5.55. The molecule has 8 heteroatoms. The normalized spacial score (nSPS) is 17.1. The molecule has 1 atom stereocenters. The maximum Gasteiger partial charge on any atom is 0.244 e. The zero-order chi connectivity index (χ0) is 15.2. The van der Waals surface area contributed by atoms with Gasteiger partial charge >= 0.3 is 0 Å². The minimum Gasteiger partial charge on any atom is -0.337 e. The Bertz CT molecular complexity index is 757. The zero-order valence-corrected chi connectivity index (χ0v) is 13.1. The van der Waals surface area contributed by atoms with Crippen molar-refractivity contribution in [2.45, 2.75) is 30.7 Å². The summed E-state index contributed by atoms with van der Waals surface area (Å²) in [5, 5.41) is 4.01. The first-order valence-corrected chi connectivity index (χ1v) is 8.36. The molecule has 0 aliphatic heterocycles. The van der Waals surface area contributed by atoms with E-state index >= 15 is 0 Å². The van der Waals surface area contributed by atoms with Crippen LogP contribution in [0, 0.1) is 12.8 Å². The Kier molecular flexibility index (Phi) is 3.37. The van der Waals surface area contributed by atoms with E-state index in [1.807, 2.05) is 17.8 Å². The van der Waals surface area contributed by atoms with Crippen LogP contribution in [0.1, 0.15) is 30.4 Å². The molecule has 0 bridgehead atoms. The molecule has 1 aliphatic carbocycles. The summed E-state index contributed by atoms with van der Waals surface area (Å²) in [6, 6.07) is -0.283. The average molecular weight is 309 g/mol. The van der Waals surface area contributed by atoms with Gasteiger partial charge in [0.25, 0.3) is 0 Å². The predicted octanol–water partition coefficient (Wildman–Crippen LogP) is 0.892. The fourth-order valence-corrected chi connectivity index (χ4v) is 3.91. The van der Waals surface area contributed by atoms with Crippen molar-refractivity contribution in [3.8, 4) is 0 Å². The first-order valence-electron chi connectivity index (χ1n) is 6.88. The molecular formula is C13H19N5O2S. The molecule has 114 valence electrons. The van der Waals surface area contributed by atoms with Gasteiger partial charge in [-0.25, -0.2) is 18.1 Å². The van der Waals surface area contributed by atoms with E-state index in [4.69, 9.17) is 0 Å². The Morgan fingerprint density at radius 1 is 1.38 bits per heavy atom. The molecule has 0 unspecified atom stereocenters. The van der Waals surface area contributed by atoms with Gasteiger partial charge in [0, 0.05) is 26.5 Å². The summed E-state index contributed by atoms with van der Waals surface area (Å²) in [6.07, 6.45) is 6.95. The van der Waals surface area contributed by atoms with Crippen molar-refractivity contribution < 1.29 is 8.42 Å². The van der Waals surface area contributed by atoms with E-state index in [2.05, 4.69) is 14.8 Å². The number of sulfonamides is 1. The molecule has 2 aromatic heterocycles. The number of rotatable bonds is 5. The standard InChI is InChI=1S/C13H19N5O2S/c1-9-11(8-15-18(9)3)21(19,20)16-12(10-4-5-10)13-14-6-7-17(13)2/h6-8,10,12,16H,4-5H2,1-3H3/t12-/m0/s1. The van der Waals surface area contributed by atoms with Crippen molar-refractivity contribution in [1.82, 2.24) is 24.1 Å². The summed E-state index contributed by atoms with van der Waals surface area (Å²) in [5.41, 5.74) is 0.622. The van der Waals surface area contributed by atoms with Crippen LogP contribution >= 0.6 is 0 Å². The molecule has 21 heavy (non-hydrogen) atoms. The lowest BCUT2D eigenvalue weighted by Gasteiger charge is -2.18. The fourth-order valence-electron chi connectivity index (χ4n) is 2.44. The molecule has 1 aliphatic rings. The molecule has 0 aromatic carbocycles. The predicted molar refractivity (Wildman–Crippen MR) is 76.9 cm³/mol. The van der Waals surface area contributed by atoms with Gasteiger partial charge in [0.2, 0.25) is 10.0 Å². The van der Waals surface area contributed by atoms with Crippen LogP contribution in [0.15, 0.2) is 23.5 Å². The van der Waals surface area contributed by atoms with Crippen LogP contribution in [-0.2, 0) is 24.1 Å². The van der Waals surface area contributed by atoms with Crippen LogP contribution in [-0.4, -0.2) is 27.7 Å². The smallest absolute Gasteiger partial charge is 0.244 e. The number of aromatic nitrogens is 4. The first-order chi connectivity index (χ1) is 9.90. The van der Waals surface area contributed by atoms with Gasteiger partial charge in [-0.3, -0.25) is 4.68 Å². The van der Waals surface area contributed by atoms with Crippen LogP contribution in [0.5, 0.6) is 0 Å². The first kappa shape index (κ1) is 14.3. The zero-order valence-electron chi connectivity index (χ0n) is 12.3. The summed E-state index contributed by atoms with van der Waals surface area (Å²) in [7, 11) is 0.000161. The van der Waals surface area contributed by atoms with Gasteiger partial charge in [-0.05, 0) is 25.7 Å². The van der Waals surface area contributed by atoms with Gasteiger partial charge < -0.3 is 4.57 Å². The van der Waals surface area contributed by atoms with Crippen molar-refractivity contribution in [2.24, 2.45) is 20.0 Å². The van der Waals surface area contributed by atoms with E-state index in [1.54, 1.807) is 24.9 Å². The molecular weight excluding hydrogens is 290 g/mol. The molecule has 1 N–H and O–H groups in total. The van der Waals surface area contributed by atoms with Gasteiger partial charge in [0.1, 0.15) is 10.7 Å². The number of imidazole rings is 1. The lowest BCUT2D eigenvalue weighted by Crippen LogP contribution is -2.32. The molecule has 7 nitrogen and oxygen atoms in total. The number of nitrogens with one attached hydrogen (secondary N) is 1. The third-order valence-corrected chi connectivity index (χ3v) is 5.54. The van der Waals surface area contributed by atoms with Crippen molar-refractivity contribution in [1.29, 1.82) is 0 Å². The van der Waals surface area contributed by atoms with Crippen LogP contribution in [0.3, 0.4) is 0 Å². The Balaban J connectivity index is 1.93. The summed E-state index contributed by atoms with van der Waals surface area (Å²) < 4.78 is 31.5. The van der Waals surface area contributed by atoms with Crippen LogP contribution in [0.4, 0.5) is 0 Å². The number of nitrogens with zero attached hydrogens (tertiary/aromatic N) is 4. The molecule has 0 saturated heterocycles. The number of hydrogen-bond donors (Lipinski definition) is 1. The molecule has 1 fully saturated rings. The van der Waals surface area contributed by atoms with Gasteiger partial charge in [-0.15, -0.1) is 0 Å². The summed E-state index contributed by atoms with van der Waals surface area (Å²) >= 11 is 0. The summed E-state index contributed by atoms with van der Waals surface area (Å²) in [5.74, 6) is 1.07. The van der Waals surface area contributed by atoms with E-state index in [9.17, 15) is 8.42 Å². The summed E-state index contributed by atoms with van der Waals surface area (Å²) in [4.78, 5) is 4.52. The van der Waals surface area contributed by atoms with Crippen molar-refractivity contribution in [3.05, 3.63) is 30.1 Å². The Labute approximate surface area is 124 Å². The van der Waals surface area contributed by atoms with E-state index in [-0.39, 0.29) is 10.9 Å². The monoisotopic (exact) mass is 309 g/mol. The highest BCUT2D eigenvalue weighted by Gasteiger charge is 2.38. The lowest BCUT2D eigenvalue weighted by atomic mass is 10.2. The lowest BCUT2D eigenvalue weighted by molar-refractivity contribution is 0.499. The van der Waals surface area contributed by atoms with Crippen molar-refractivity contribution in [3.63, 3.8) is 0 Å². The number of hydrogen-bond acceptors (Lipinski definition) is 4. The van der Waals surface area contributed by atoms with Crippen molar-refractivity contribution in [2.75, 3.05) is 0 Å². The topological polar surface area (TPSA) is 81.8 Å². The molecule has 0 amide bonds. The second kappa shape index (κ2) is 4.96. The largest absolute Gasteiger partial charge is 0.337 e. The van der Waals surface area contributed by atoms with E-state index in [0.29, 0.717) is 11.6 Å². The van der Waals surface area contributed by atoms with Gasteiger partial charge in [0.15, 0.2) is 0 Å². The third-order valence-electron chi connectivity index (χ3n) is 3.99. The van der Waals surface area contributed by atoms with Crippen molar-refractivity contribution >= 4 is 10.0 Å². The summed E-state index contributed by atoms with van der Waals surface area (Å²) in [6.45, 7) is 1.74. The quantitative estimate of drug-likeness (QED) is 0.889. The SMILES string of the molecule is Cc1c(S(=O)(=O)N[C@H](c2nccn2C)C2CC2)cnn1C. The minimum atomic E-state index is -3.60. The highest BCUT2D eigenvalue weighted by molar-refractivity contribution is 7.89. The van der Waals surface area contributed by atoms with Gasteiger partial charge in [-0.2, -0.15) is 5.10 Å². The van der Waals surface area contributed by atoms with E-state index in [0.717, 1.165) is 18.7 Å². The fraction of sp³-hybridized carbons (Fsp3) is 0.538. The maximum absolute atomic E-state index is 12.6. The van der Waals surface area contributed by atoms with E-state index < -0.39 is 10.0 Å². The molecule has 0 radical (unpaired) electrons. The third kappa shape index (κ3) is 2.60. The Hall–Kier alpha value is -1.67. The second-order valence-corrected chi connectivity index (χ2v) is 7.23. The van der Waals surface area contributed by atoms with Gasteiger partial charge in [0.05, 0.1) is 17.9 Å². The Morgan fingerprint density at radius 3 is 2.57 bits per heavy atom. The molecule has 1 saturated carbocycles. The minimum absolute atomic E-state index is 0.227. The van der Waals surface area contributed by atoms with E-state index in [1.165, 1.54) is 6.20 Å². The maximum atomic E-state index is 12.6. The molecule has 3 rings (SSSR count). The van der Waals surface area contributed by atoms with Gasteiger partial charge in [-0.1, -0.05) is 0 Å². The van der Waals surface area contributed by atoms with Crippen LogP contribution < -0.4 is 4.72 Å². The molecule has 0 spiro atoms. The average Bonchev–Trinajstić information content (AvgIpc) is 3.09. The highest BCUT2D eigenvalue weighted by Crippen LogP contribution is 2.41. The Morgan fingerprint density at radius 2 is 2.10 bits per heavy atom.